The van der Waals surface area contributed by atoms with Crippen molar-refractivity contribution in [3.8, 4) is 0 Å². The molecule has 3 rings (SSSR count). The summed E-state index contributed by atoms with van der Waals surface area (Å²) in [6, 6.07) is 0.335. The van der Waals surface area contributed by atoms with Crippen LogP contribution in [0.5, 0.6) is 0 Å². The predicted octanol–water partition coefficient (Wildman–Crippen LogP) is 1.84. The van der Waals surface area contributed by atoms with E-state index >= 15 is 0 Å². The summed E-state index contributed by atoms with van der Waals surface area (Å²) in [6.45, 7) is 4.76. The zero-order valence-electron chi connectivity index (χ0n) is 15.3. The van der Waals surface area contributed by atoms with Gasteiger partial charge in [0.15, 0.2) is 0 Å². The monoisotopic (exact) mass is 347 g/mol. The van der Waals surface area contributed by atoms with Crippen LogP contribution < -0.4 is 5.32 Å². The Labute approximate surface area is 149 Å². The van der Waals surface area contributed by atoms with E-state index in [9.17, 15) is 9.59 Å². The number of carbonyl (C=O) groups excluding carboxylic acids is 2. The van der Waals surface area contributed by atoms with E-state index in [-0.39, 0.29) is 17.9 Å². The summed E-state index contributed by atoms with van der Waals surface area (Å²) in [7, 11) is 1.80. The van der Waals surface area contributed by atoms with Gasteiger partial charge in [-0.15, -0.1) is 0 Å². The minimum atomic E-state index is -0.101. The summed E-state index contributed by atoms with van der Waals surface area (Å²) in [5.74, 6) is 0.502. The third-order valence-corrected chi connectivity index (χ3v) is 5.44. The Morgan fingerprint density at radius 1 is 1.40 bits per heavy atom. The highest BCUT2D eigenvalue weighted by Crippen LogP contribution is 2.29. The van der Waals surface area contributed by atoms with Gasteiger partial charge in [-0.05, 0) is 19.8 Å². The second-order valence-corrected chi connectivity index (χ2v) is 7.26. The lowest BCUT2D eigenvalue weighted by atomic mass is 10.1. The second-order valence-electron chi connectivity index (χ2n) is 7.26. The van der Waals surface area contributed by atoms with E-state index in [1.807, 2.05) is 11.5 Å². The maximum Gasteiger partial charge on any atom is 0.317 e. The van der Waals surface area contributed by atoms with Crippen molar-refractivity contribution in [2.75, 3.05) is 20.1 Å². The van der Waals surface area contributed by atoms with Gasteiger partial charge in [0.05, 0.1) is 18.6 Å². The Balaban J connectivity index is 1.46. The average molecular weight is 347 g/mol. The molecule has 1 N–H and O–H groups in total. The SMILES string of the molecule is CCn1cncc1CNC(=O)N(C)CC1CC(=O)N(C2CCCC2)C1. The molecule has 25 heavy (non-hydrogen) atoms. The molecule has 1 saturated carbocycles. The number of hydrogen-bond acceptors (Lipinski definition) is 3. The van der Waals surface area contributed by atoms with Crippen molar-refractivity contribution >= 4 is 11.9 Å². The number of rotatable bonds is 6. The molecule has 1 aromatic heterocycles. The summed E-state index contributed by atoms with van der Waals surface area (Å²) in [4.78, 5) is 32.5. The number of aryl methyl sites for hydroxylation is 1. The van der Waals surface area contributed by atoms with E-state index in [1.54, 1.807) is 24.5 Å². The molecule has 0 bridgehead atoms. The molecule has 2 heterocycles. The molecule has 3 amide bonds. The number of amides is 3. The van der Waals surface area contributed by atoms with Gasteiger partial charge in [-0.1, -0.05) is 12.8 Å². The van der Waals surface area contributed by atoms with Crippen molar-refractivity contribution in [3.05, 3.63) is 18.2 Å². The van der Waals surface area contributed by atoms with Crippen LogP contribution in [0.1, 0.15) is 44.7 Å². The van der Waals surface area contributed by atoms with Gasteiger partial charge in [-0.3, -0.25) is 4.79 Å². The van der Waals surface area contributed by atoms with Gasteiger partial charge < -0.3 is 19.7 Å². The van der Waals surface area contributed by atoms with Gasteiger partial charge in [0.2, 0.25) is 5.91 Å². The van der Waals surface area contributed by atoms with E-state index in [1.165, 1.54) is 12.8 Å². The van der Waals surface area contributed by atoms with E-state index in [2.05, 4.69) is 15.2 Å². The van der Waals surface area contributed by atoms with Gasteiger partial charge in [0, 0.05) is 51.3 Å². The molecule has 1 saturated heterocycles. The van der Waals surface area contributed by atoms with Crippen LogP contribution in [0.4, 0.5) is 4.79 Å². The summed E-state index contributed by atoms with van der Waals surface area (Å²) in [5, 5.41) is 2.94. The summed E-state index contributed by atoms with van der Waals surface area (Å²) < 4.78 is 2.01. The van der Waals surface area contributed by atoms with E-state index in [4.69, 9.17) is 0 Å². The number of aromatic nitrogens is 2. The number of imidazole rings is 1. The molecule has 7 nitrogen and oxygen atoms in total. The molecular weight excluding hydrogens is 318 g/mol. The average Bonchev–Trinajstić information content (AvgIpc) is 3.33. The van der Waals surface area contributed by atoms with Gasteiger partial charge >= 0.3 is 6.03 Å². The zero-order valence-corrected chi connectivity index (χ0v) is 15.3. The van der Waals surface area contributed by atoms with E-state index < -0.39 is 0 Å². The lowest BCUT2D eigenvalue weighted by Gasteiger charge is -2.25. The standard InChI is InChI=1S/C18H29N5O2/c1-3-22-13-19-9-16(22)10-20-18(25)21(2)11-14-8-17(24)23(12-14)15-6-4-5-7-15/h9,13-15H,3-8,10-12H2,1-2H3,(H,20,25). The van der Waals surface area contributed by atoms with Crippen LogP contribution in [-0.2, 0) is 17.9 Å². The summed E-state index contributed by atoms with van der Waals surface area (Å²) in [6.07, 6.45) is 8.86. The molecular formula is C18H29N5O2. The third kappa shape index (κ3) is 4.14. The minimum Gasteiger partial charge on any atom is -0.339 e. The van der Waals surface area contributed by atoms with Crippen LogP contribution >= 0.6 is 0 Å². The molecule has 138 valence electrons. The first-order valence-corrected chi connectivity index (χ1v) is 9.36. The number of urea groups is 1. The van der Waals surface area contributed by atoms with Crippen molar-refractivity contribution in [2.24, 2.45) is 5.92 Å². The molecule has 1 unspecified atom stereocenters. The number of likely N-dealkylation sites (tertiary alicyclic amines) is 1. The first kappa shape index (κ1) is 17.8. The van der Waals surface area contributed by atoms with Gasteiger partial charge in [-0.2, -0.15) is 0 Å². The Hall–Kier alpha value is -2.05. The first-order chi connectivity index (χ1) is 12.1. The molecule has 0 aromatic carbocycles. The Morgan fingerprint density at radius 3 is 2.88 bits per heavy atom. The molecule has 1 atom stereocenters. The minimum absolute atomic E-state index is 0.101. The van der Waals surface area contributed by atoms with E-state index in [0.29, 0.717) is 25.6 Å². The highest BCUT2D eigenvalue weighted by molar-refractivity contribution is 5.79. The normalized spacial score (nSPS) is 21.1. The number of nitrogens with zero attached hydrogens (tertiary/aromatic N) is 4. The van der Waals surface area contributed by atoms with Crippen molar-refractivity contribution in [1.82, 2.24) is 24.7 Å². The lowest BCUT2D eigenvalue weighted by Crippen LogP contribution is -2.40. The fourth-order valence-electron chi connectivity index (χ4n) is 4.05. The number of hydrogen-bond donors (Lipinski definition) is 1. The van der Waals surface area contributed by atoms with Crippen LogP contribution in [0.15, 0.2) is 12.5 Å². The molecule has 1 aliphatic carbocycles. The molecule has 2 aliphatic rings. The predicted molar refractivity (Wildman–Crippen MR) is 94.8 cm³/mol. The van der Waals surface area contributed by atoms with Crippen LogP contribution in [-0.4, -0.2) is 57.5 Å². The van der Waals surface area contributed by atoms with Crippen molar-refractivity contribution in [2.45, 2.75) is 58.2 Å². The lowest BCUT2D eigenvalue weighted by molar-refractivity contribution is -0.129. The van der Waals surface area contributed by atoms with E-state index in [0.717, 1.165) is 31.6 Å². The Bertz CT molecular complexity index is 608. The third-order valence-electron chi connectivity index (χ3n) is 5.44. The highest BCUT2D eigenvalue weighted by Gasteiger charge is 2.36. The summed E-state index contributed by atoms with van der Waals surface area (Å²) in [5.41, 5.74) is 0.993. The van der Waals surface area contributed by atoms with Crippen LogP contribution in [0.2, 0.25) is 0 Å². The molecule has 1 aliphatic heterocycles. The highest BCUT2D eigenvalue weighted by atomic mass is 16.2. The van der Waals surface area contributed by atoms with Gasteiger partial charge in [0.25, 0.3) is 0 Å². The molecule has 1 aromatic rings. The Kier molecular flexibility index (Phi) is 5.60. The largest absolute Gasteiger partial charge is 0.339 e. The summed E-state index contributed by atoms with van der Waals surface area (Å²) >= 11 is 0. The van der Waals surface area contributed by atoms with Crippen molar-refractivity contribution in [3.63, 3.8) is 0 Å². The van der Waals surface area contributed by atoms with Crippen LogP contribution in [0.25, 0.3) is 0 Å². The second kappa shape index (κ2) is 7.89. The number of nitrogens with one attached hydrogen (secondary N) is 1. The first-order valence-electron chi connectivity index (χ1n) is 9.36. The molecule has 2 fully saturated rings. The smallest absolute Gasteiger partial charge is 0.317 e. The number of carbonyl (C=O) groups is 2. The van der Waals surface area contributed by atoms with Gasteiger partial charge in [-0.25, -0.2) is 9.78 Å². The Morgan fingerprint density at radius 2 is 2.16 bits per heavy atom. The quantitative estimate of drug-likeness (QED) is 0.853. The maximum atomic E-state index is 12.3. The topological polar surface area (TPSA) is 70.5 Å². The molecule has 0 radical (unpaired) electrons. The molecule has 0 spiro atoms. The van der Waals surface area contributed by atoms with Crippen molar-refractivity contribution in [1.29, 1.82) is 0 Å². The molecule has 7 heteroatoms. The van der Waals surface area contributed by atoms with Crippen LogP contribution in [0.3, 0.4) is 0 Å². The fourth-order valence-corrected chi connectivity index (χ4v) is 4.05. The van der Waals surface area contributed by atoms with Crippen LogP contribution in [0, 0.1) is 5.92 Å². The zero-order chi connectivity index (χ0) is 17.8. The fraction of sp³-hybridized carbons (Fsp3) is 0.722. The maximum absolute atomic E-state index is 12.3. The van der Waals surface area contributed by atoms with Crippen molar-refractivity contribution < 1.29 is 9.59 Å². The van der Waals surface area contributed by atoms with Gasteiger partial charge in [0.1, 0.15) is 0 Å².